The summed E-state index contributed by atoms with van der Waals surface area (Å²) in [4.78, 5) is 11.0. The Hall–Kier alpha value is -2.96. The third-order valence-electron chi connectivity index (χ3n) is 4.43. The van der Waals surface area contributed by atoms with Crippen molar-refractivity contribution in [3.63, 3.8) is 0 Å². The summed E-state index contributed by atoms with van der Waals surface area (Å²) < 4.78 is 2.18. The first-order valence-electron chi connectivity index (χ1n) is 8.46. The second-order valence-electron chi connectivity index (χ2n) is 6.35. The van der Waals surface area contributed by atoms with E-state index in [-0.39, 0.29) is 0 Å². The summed E-state index contributed by atoms with van der Waals surface area (Å²) in [5.41, 5.74) is 3.13. The summed E-state index contributed by atoms with van der Waals surface area (Å²) in [7, 11) is 4.06. The van der Waals surface area contributed by atoms with E-state index in [4.69, 9.17) is 0 Å². The first kappa shape index (κ1) is 15.6. The molecule has 0 saturated heterocycles. The molecule has 25 heavy (non-hydrogen) atoms. The zero-order valence-corrected chi connectivity index (χ0v) is 14.5. The highest BCUT2D eigenvalue weighted by Crippen LogP contribution is 2.21. The van der Waals surface area contributed by atoms with Crippen LogP contribution in [0.1, 0.15) is 18.1 Å². The van der Waals surface area contributed by atoms with Crippen LogP contribution in [0, 0.1) is 0 Å². The molecule has 3 heterocycles. The molecule has 0 saturated carbocycles. The molecular formula is C18H21N7. The molecule has 1 aliphatic heterocycles. The van der Waals surface area contributed by atoms with Crippen LogP contribution in [0.15, 0.2) is 36.5 Å². The molecule has 7 nitrogen and oxygen atoms in total. The van der Waals surface area contributed by atoms with Crippen molar-refractivity contribution < 1.29 is 0 Å². The van der Waals surface area contributed by atoms with Gasteiger partial charge in [-0.3, -0.25) is 0 Å². The van der Waals surface area contributed by atoms with Gasteiger partial charge in [-0.25, -0.2) is 9.97 Å². The van der Waals surface area contributed by atoms with Crippen LogP contribution in [0.5, 0.6) is 0 Å². The van der Waals surface area contributed by atoms with E-state index in [9.17, 15) is 0 Å². The second kappa shape index (κ2) is 6.51. The van der Waals surface area contributed by atoms with E-state index in [2.05, 4.69) is 59.2 Å². The zero-order chi connectivity index (χ0) is 17.2. The van der Waals surface area contributed by atoms with Gasteiger partial charge in [-0.1, -0.05) is 12.1 Å². The molecule has 0 amide bonds. The van der Waals surface area contributed by atoms with Crippen molar-refractivity contribution in [3.8, 4) is 11.3 Å². The minimum absolute atomic E-state index is 0.579. The van der Waals surface area contributed by atoms with E-state index < -0.39 is 0 Å². The largest absolute Gasteiger partial charge is 0.378 e. The molecule has 1 N–H and O–H groups in total. The average molecular weight is 335 g/mol. The molecule has 2 aromatic heterocycles. The summed E-state index contributed by atoms with van der Waals surface area (Å²) >= 11 is 0. The molecule has 0 unspecified atom stereocenters. The number of aromatic nitrogens is 5. The fourth-order valence-corrected chi connectivity index (χ4v) is 3.03. The van der Waals surface area contributed by atoms with Crippen LogP contribution >= 0.6 is 0 Å². The standard InChI is InChI=1S/C18H21N7/c1-24(2)14-7-5-13(6-8-14)15-9-10-19-18(21-15)20-12-17-23-22-16-4-3-11-25(16)17/h5-10H,3-4,11-12H2,1-2H3,(H,19,20,21). The smallest absolute Gasteiger partial charge is 0.223 e. The van der Waals surface area contributed by atoms with Gasteiger partial charge in [-0.2, -0.15) is 0 Å². The van der Waals surface area contributed by atoms with E-state index in [1.165, 1.54) is 0 Å². The molecule has 0 fully saturated rings. The normalized spacial score (nSPS) is 12.9. The summed E-state index contributed by atoms with van der Waals surface area (Å²) in [6, 6.07) is 10.2. The third kappa shape index (κ3) is 3.17. The molecule has 7 heteroatoms. The zero-order valence-electron chi connectivity index (χ0n) is 14.5. The number of rotatable bonds is 5. The first-order valence-corrected chi connectivity index (χ1v) is 8.46. The van der Waals surface area contributed by atoms with Crippen LogP contribution in [-0.2, 0) is 19.5 Å². The lowest BCUT2D eigenvalue weighted by Crippen LogP contribution is -2.09. The van der Waals surface area contributed by atoms with Gasteiger partial charge in [-0.15, -0.1) is 10.2 Å². The molecule has 4 rings (SSSR count). The third-order valence-corrected chi connectivity index (χ3v) is 4.43. The molecule has 0 aliphatic carbocycles. The van der Waals surface area contributed by atoms with E-state index in [1.54, 1.807) is 6.20 Å². The molecule has 128 valence electrons. The maximum absolute atomic E-state index is 4.62. The summed E-state index contributed by atoms with van der Waals surface area (Å²) in [5.74, 6) is 2.62. The Morgan fingerprint density at radius 1 is 1.12 bits per heavy atom. The van der Waals surface area contributed by atoms with Crippen molar-refractivity contribution in [3.05, 3.63) is 48.2 Å². The number of anilines is 2. The van der Waals surface area contributed by atoms with Gasteiger partial charge in [0.1, 0.15) is 5.82 Å². The van der Waals surface area contributed by atoms with Crippen LogP contribution < -0.4 is 10.2 Å². The van der Waals surface area contributed by atoms with Crippen molar-refractivity contribution in [1.29, 1.82) is 0 Å². The Bertz CT molecular complexity index is 867. The molecule has 1 aromatic carbocycles. The highest BCUT2D eigenvalue weighted by atomic mass is 15.3. The Balaban J connectivity index is 1.49. The monoisotopic (exact) mass is 335 g/mol. The topological polar surface area (TPSA) is 71.8 Å². The Morgan fingerprint density at radius 3 is 2.76 bits per heavy atom. The van der Waals surface area contributed by atoms with E-state index >= 15 is 0 Å². The van der Waals surface area contributed by atoms with Crippen molar-refractivity contribution >= 4 is 11.6 Å². The molecule has 0 radical (unpaired) electrons. The molecule has 0 spiro atoms. The van der Waals surface area contributed by atoms with Gasteiger partial charge in [0.15, 0.2) is 5.82 Å². The van der Waals surface area contributed by atoms with Crippen LogP contribution in [0.3, 0.4) is 0 Å². The van der Waals surface area contributed by atoms with Crippen LogP contribution in [-0.4, -0.2) is 38.8 Å². The Kier molecular flexibility index (Phi) is 4.05. The van der Waals surface area contributed by atoms with Gasteiger partial charge < -0.3 is 14.8 Å². The maximum atomic E-state index is 4.62. The van der Waals surface area contributed by atoms with Gasteiger partial charge in [0, 0.05) is 44.5 Å². The lowest BCUT2D eigenvalue weighted by Gasteiger charge is -2.12. The predicted molar refractivity (Wildman–Crippen MR) is 97.5 cm³/mol. The number of hydrogen-bond donors (Lipinski definition) is 1. The van der Waals surface area contributed by atoms with Gasteiger partial charge in [0.25, 0.3) is 0 Å². The number of fused-ring (bicyclic) bond motifs is 1. The van der Waals surface area contributed by atoms with E-state index in [0.717, 1.165) is 48.0 Å². The van der Waals surface area contributed by atoms with Crippen molar-refractivity contribution in [2.24, 2.45) is 0 Å². The molecular weight excluding hydrogens is 314 g/mol. The van der Waals surface area contributed by atoms with Crippen LogP contribution in [0.4, 0.5) is 11.6 Å². The number of aryl methyl sites for hydroxylation is 1. The Labute approximate surface area is 146 Å². The lowest BCUT2D eigenvalue weighted by molar-refractivity contribution is 0.694. The fraction of sp³-hybridized carbons (Fsp3) is 0.333. The molecule has 0 atom stereocenters. The first-order chi connectivity index (χ1) is 12.2. The van der Waals surface area contributed by atoms with Crippen molar-refractivity contribution in [2.45, 2.75) is 25.9 Å². The number of benzene rings is 1. The van der Waals surface area contributed by atoms with Crippen molar-refractivity contribution in [2.75, 3.05) is 24.3 Å². The minimum Gasteiger partial charge on any atom is -0.378 e. The van der Waals surface area contributed by atoms with Gasteiger partial charge >= 0.3 is 0 Å². The predicted octanol–water partition coefficient (Wildman–Crippen LogP) is 2.36. The van der Waals surface area contributed by atoms with Gasteiger partial charge in [0.2, 0.25) is 5.95 Å². The minimum atomic E-state index is 0.579. The summed E-state index contributed by atoms with van der Waals surface area (Å²) in [6.45, 7) is 1.58. The molecule has 3 aromatic rings. The fourth-order valence-electron chi connectivity index (χ4n) is 3.03. The summed E-state index contributed by atoms with van der Waals surface area (Å²) in [5, 5.41) is 11.7. The van der Waals surface area contributed by atoms with Crippen molar-refractivity contribution in [1.82, 2.24) is 24.7 Å². The van der Waals surface area contributed by atoms with E-state index in [0.29, 0.717) is 12.5 Å². The van der Waals surface area contributed by atoms with Crippen LogP contribution in [0.25, 0.3) is 11.3 Å². The quantitative estimate of drug-likeness (QED) is 0.772. The maximum Gasteiger partial charge on any atom is 0.223 e. The molecule has 0 bridgehead atoms. The highest BCUT2D eigenvalue weighted by Gasteiger charge is 2.17. The van der Waals surface area contributed by atoms with Gasteiger partial charge in [0.05, 0.1) is 12.2 Å². The average Bonchev–Trinajstić information content (AvgIpc) is 3.24. The highest BCUT2D eigenvalue weighted by molar-refractivity contribution is 5.63. The second-order valence-corrected chi connectivity index (χ2v) is 6.35. The lowest BCUT2D eigenvalue weighted by atomic mass is 10.1. The SMILES string of the molecule is CN(C)c1ccc(-c2ccnc(NCc3nnc4n3CCC4)n2)cc1. The van der Waals surface area contributed by atoms with Crippen LogP contribution in [0.2, 0.25) is 0 Å². The van der Waals surface area contributed by atoms with Gasteiger partial charge in [-0.05, 0) is 24.6 Å². The number of hydrogen-bond acceptors (Lipinski definition) is 6. The van der Waals surface area contributed by atoms with E-state index in [1.807, 2.05) is 20.2 Å². The number of nitrogens with zero attached hydrogens (tertiary/aromatic N) is 6. The summed E-state index contributed by atoms with van der Waals surface area (Å²) in [6.07, 6.45) is 3.94. The molecule has 1 aliphatic rings. The number of nitrogens with one attached hydrogen (secondary N) is 1. The Morgan fingerprint density at radius 2 is 1.96 bits per heavy atom.